The van der Waals surface area contributed by atoms with Crippen LogP contribution in [0.4, 0.5) is 5.82 Å². The second-order valence-electron chi connectivity index (χ2n) is 5.19. The van der Waals surface area contributed by atoms with Crippen LogP contribution >= 0.6 is 0 Å². The lowest BCUT2D eigenvalue weighted by Crippen LogP contribution is -2.24. The molecule has 3 atom stereocenters. The molecule has 2 aliphatic heterocycles. The Morgan fingerprint density at radius 2 is 2.27 bits per heavy atom. The number of carbonyl (C=O) groups is 1. The van der Waals surface area contributed by atoms with Crippen LogP contribution in [0.2, 0.25) is 0 Å². The predicted octanol–water partition coefficient (Wildman–Crippen LogP) is -0.568. The van der Waals surface area contributed by atoms with Gasteiger partial charge in [-0.2, -0.15) is 5.10 Å². The van der Waals surface area contributed by atoms with E-state index in [1.165, 1.54) is 12.4 Å². The summed E-state index contributed by atoms with van der Waals surface area (Å²) in [6, 6.07) is 0. The van der Waals surface area contributed by atoms with Crippen LogP contribution in [0.25, 0.3) is 17.1 Å². The summed E-state index contributed by atoms with van der Waals surface area (Å²) >= 11 is 0. The quantitative estimate of drug-likeness (QED) is 0.679. The first-order valence-electron chi connectivity index (χ1n) is 6.84. The Balaban J connectivity index is 1.84. The number of nitrogens with zero attached hydrogens (tertiary/aromatic N) is 4. The highest BCUT2D eigenvalue weighted by molar-refractivity contribution is 6.10. The molecule has 1 amide bonds. The molecule has 4 heterocycles. The van der Waals surface area contributed by atoms with Crippen LogP contribution in [0.1, 0.15) is 18.3 Å². The van der Waals surface area contributed by atoms with Crippen molar-refractivity contribution in [2.24, 2.45) is 0 Å². The van der Waals surface area contributed by atoms with Crippen LogP contribution in [-0.2, 0) is 9.53 Å². The zero-order chi connectivity index (χ0) is 15.3. The number of rotatable bonds is 2. The largest absolute Gasteiger partial charge is 0.394 e. The number of carbonyl (C=O) groups excluding carboxylic acids is 1. The molecule has 3 unspecified atom stereocenters. The van der Waals surface area contributed by atoms with Gasteiger partial charge in [-0.15, -0.1) is 0 Å². The Labute approximate surface area is 124 Å². The first-order valence-corrected chi connectivity index (χ1v) is 6.84. The number of nitrogens with one attached hydrogen (secondary N) is 1. The summed E-state index contributed by atoms with van der Waals surface area (Å²) in [7, 11) is 0. The molecular formula is C13H13N5O4. The first-order chi connectivity index (χ1) is 10.7. The molecule has 9 nitrogen and oxygen atoms in total. The van der Waals surface area contributed by atoms with E-state index in [1.807, 2.05) is 0 Å². The van der Waals surface area contributed by atoms with E-state index in [0.29, 0.717) is 29.0 Å². The Kier molecular flexibility index (Phi) is 2.93. The molecule has 2 aliphatic rings. The van der Waals surface area contributed by atoms with Gasteiger partial charge in [0.05, 0.1) is 23.8 Å². The van der Waals surface area contributed by atoms with Gasteiger partial charge in [0.1, 0.15) is 18.2 Å². The van der Waals surface area contributed by atoms with Crippen molar-refractivity contribution in [3.05, 3.63) is 18.1 Å². The Bertz CT molecular complexity index is 786. The summed E-state index contributed by atoms with van der Waals surface area (Å²) < 4.78 is 7.17. The lowest BCUT2D eigenvalue weighted by molar-refractivity contribution is -0.111. The number of amides is 1. The van der Waals surface area contributed by atoms with Gasteiger partial charge < -0.3 is 20.3 Å². The van der Waals surface area contributed by atoms with Crippen LogP contribution in [-0.4, -0.2) is 54.7 Å². The van der Waals surface area contributed by atoms with Gasteiger partial charge in [0.25, 0.3) is 0 Å². The van der Waals surface area contributed by atoms with E-state index in [0.717, 1.165) is 0 Å². The van der Waals surface area contributed by atoms with Gasteiger partial charge >= 0.3 is 0 Å². The molecule has 0 aliphatic carbocycles. The van der Waals surface area contributed by atoms with Crippen LogP contribution < -0.4 is 5.32 Å². The first kappa shape index (κ1) is 13.3. The smallest absolute Gasteiger partial charge is 0.249 e. The van der Waals surface area contributed by atoms with E-state index < -0.39 is 18.4 Å². The zero-order valence-corrected chi connectivity index (χ0v) is 11.4. The van der Waals surface area contributed by atoms with Crippen molar-refractivity contribution in [2.75, 3.05) is 11.9 Å². The van der Waals surface area contributed by atoms with Crippen LogP contribution in [0.5, 0.6) is 0 Å². The lowest BCUT2D eigenvalue weighted by Gasteiger charge is -2.13. The molecule has 0 radical (unpaired) electrons. The average Bonchev–Trinajstić information content (AvgIpc) is 3.01. The monoisotopic (exact) mass is 303 g/mol. The van der Waals surface area contributed by atoms with Gasteiger partial charge in [-0.05, 0) is 6.08 Å². The number of hydrogen-bond donors (Lipinski definition) is 3. The number of aliphatic hydroxyl groups excluding tert-OH is 2. The second-order valence-corrected chi connectivity index (χ2v) is 5.19. The summed E-state index contributed by atoms with van der Waals surface area (Å²) in [4.78, 5) is 19.9. The van der Waals surface area contributed by atoms with Gasteiger partial charge in [-0.3, -0.25) is 4.79 Å². The van der Waals surface area contributed by atoms with Crippen molar-refractivity contribution in [2.45, 2.75) is 24.9 Å². The van der Waals surface area contributed by atoms with Crippen LogP contribution in [0, 0.1) is 0 Å². The van der Waals surface area contributed by atoms with E-state index >= 15 is 0 Å². The number of anilines is 1. The predicted molar refractivity (Wildman–Crippen MR) is 74.6 cm³/mol. The fourth-order valence-corrected chi connectivity index (χ4v) is 2.75. The third kappa shape index (κ3) is 1.90. The number of hydrogen-bond acceptors (Lipinski definition) is 7. The van der Waals surface area contributed by atoms with Crippen molar-refractivity contribution in [1.82, 2.24) is 19.7 Å². The molecule has 0 aromatic carbocycles. The summed E-state index contributed by atoms with van der Waals surface area (Å²) in [6.07, 6.45) is 2.66. The highest BCUT2D eigenvalue weighted by Crippen LogP contribution is 2.33. The molecule has 3 N–H and O–H groups in total. The Morgan fingerprint density at radius 1 is 1.41 bits per heavy atom. The van der Waals surface area contributed by atoms with Crippen molar-refractivity contribution in [3.63, 3.8) is 0 Å². The fourth-order valence-electron chi connectivity index (χ4n) is 2.75. The summed E-state index contributed by atoms with van der Waals surface area (Å²) in [5.41, 5.74) is 1.05. The minimum atomic E-state index is -0.762. The molecule has 0 saturated carbocycles. The molecule has 0 spiro atoms. The molecule has 4 rings (SSSR count). The molecular weight excluding hydrogens is 290 g/mol. The minimum absolute atomic E-state index is 0.264. The maximum absolute atomic E-state index is 11.6. The third-order valence-electron chi connectivity index (χ3n) is 3.81. The number of aliphatic hydroxyl groups is 2. The van der Waals surface area contributed by atoms with Gasteiger partial charge in [-0.1, -0.05) is 0 Å². The van der Waals surface area contributed by atoms with Crippen LogP contribution in [0.3, 0.4) is 0 Å². The summed E-state index contributed by atoms with van der Waals surface area (Å²) in [5, 5.41) is 26.8. The number of ether oxygens (including phenoxy) is 1. The lowest BCUT2D eigenvalue weighted by atomic mass is 10.2. The standard InChI is InChI=1S/C13H13N5O4/c19-4-8-7(20)3-10(22-8)18-13-11-6(17-18)1-2-9(21)16-12(11)14-5-15-13/h1-2,5,7-8,10,19-20H,3-4H2,(H,14,15,16,21). The average molecular weight is 303 g/mol. The van der Waals surface area contributed by atoms with Gasteiger partial charge in [-0.25, -0.2) is 14.6 Å². The topological polar surface area (TPSA) is 122 Å². The molecule has 2 aromatic rings. The van der Waals surface area contributed by atoms with E-state index in [1.54, 1.807) is 10.8 Å². The minimum Gasteiger partial charge on any atom is -0.394 e. The van der Waals surface area contributed by atoms with E-state index in [2.05, 4.69) is 20.4 Å². The molecule has 22 heavy (non-hydrogen) atoms. The molecule has 2 aromatic heterocycles. The van der Waals surface area contributed by atoms with Crippen molar-refractivity contribution < 1.29 is 19.7 Å². The van der Waals surface area contributed by atoms with E-state index in [9.17, 15) is 15.0 Å². The third-order valence-corrected chi connectivity index (χ3v) is 3.81. The zero-order valence-electron chi connectivity index (χ0n) is 11.4. The normalized spacial score (nSPS) is 27.2. The highest BCUT2D eigenvalue weighted by Gasteiger charge is 2.36. The van der Waals surface area contributed by atoms with Crippen molar-refractivity contribution in [1.29, 1.82) is 0 Å². The maximum Gasteiger partial charge on any atom is 0.249 e. The molecule has 114 valence electrons. The highest BCUT2D eigenvalue weighted by atomic mass is 16.5. The molecule has 1 saturated heterocycles. The summed E-state index contributed by atoms with van der Waals surface area (Å²) in [6.45, 7) is -0.264. The Morgan fingerprint density at radius 3 is 3.05 bits per heavy atom. The molecule has 9 heteroatoms. The second kappa shape index (κ2) is 4.83. The molecule has 0 bridgehead atoms. The summed E-state index contributed by atoms with van der Waals surface area (Å²) in [5.74, 6) is 0.107. The van der Waals surface area contributed by atoms with Crippen LogP contribution in [0.15, 0.2) is 12.4 Å². The van der Waals surface area contributed by atoms with Gasteiger partial charge in [0.15, 0.2) is 11.9 Å². The number of aromatic nitrogens is 4. The van der Waals surface area contributed by atoms with Gasteiger partial charge in [0.2, 0.25) is 5.91 Å². The fraction of sp³-hybridized carbons (Fsp3) is 0.385. The molecule has 1 fully saturated rings. The van der Waals surface area contributed by atoms with Gasteiger partial charge in [0, 0.05) is 12.5 Å². The van der Waals surface area contributed by atoms with E-state index in [-0.39, 0.29) is 12.5 Å². The van der Waals surface area contributed by atoms with Crippen molar-refractivity contribution in [3.8, 4) is 0 Å². The maximum atomic E-state index is 11.6. The SMILES string of the molecule is O=C1C=Cc2nn(C3CC(O)C(CO)O3)c3ncnc(c23)N1. The van der Waals surface area contributed by atoms with Crippen molar-refractivity contribution >= 4 is 28.8 Å². The van der Waals surface area contributed by atoms with E-state index in [4.69, 9.17) is 4.74 Å². The Hall–Kier alpha value is -2.36.